The molecule has 6 heteroatoms. The van der Waals surface area contributed by atoms with Gasteiger partial charge in [0.1, 0.15) is 5.75 Å². The molecule has 2 aromatic carbocycles. The topological polar surface area (TPSA) is 59.9 Å². The van der Waals surface area contributed by atoms with Crippen LogP contribution in [0.3, 0.4) is 0 Å². The van der Waals surface area contributed by atoms with E-state index in [1.54, 1.807) is 37.6 Å². The summed E-state index contributed by atoms with van der Waals surface area (Å²) in [6.07, 6.45) is 1.61. The van der Waals surface area contributed by atoms with Gasteiger partial charge in [0, 0.05) is 28.0 Å². The monoisotopic (exact) mass is 365 g/mol. The molecule has 2 heterocycles. The number of pyridine rings is 1. The van der Waals surface area contributed by atoms with Crippen molar-refractivity contribution in [2.45, 2.75) is 6.92 Å². The standard InChI is InChI=1S/C20H16ClN3O2/c1-12-18(15-5-3-4-6-17(15)26-2)19-16(11-22-12)20(25)24(23-19)14-9-7-13(21)8-10-14/h3-11,23H,1-2H3. The Morgan fingerprint density at radius 3 is 2.58 bits per heavy atom. The Bertz CT molecular complexity index is 1160. The third-order valence-electron chi connectivity index (χ3n) is 4.39. The van der Waals surface area contributed by atoms with E-state index in [1.165, 1.54) is 4.68 Å². The number of hydrogen-bond acceptors (Lipinski definition) is 3. The van der Waals surface area contributed by atoms with Crippen molar-refractivity contribution in [2.75, 3.05) is 7.11 Å². The fourth-order valence-corrected chi connectivity index (χ4v) is 3.25. The summed E-state index contributed by atoms with van der Waals surface area (Å²) >= 11 is 5.96. The van der Waals surface area contributed by atoms with Crippen LogP contribution in [0, 0.1) is 6.92 Å². The zero-order chi connectivity index (χ0) is 18.3. The Morgan fingerprint density at radius 1 is 1.12 bits per heavy atom. The number of nitrogens with zero attached hydrogens (tertiary/aromatic N) is 2. The van der Waals surface area contributed by atoms with E-state index in [1.807, 2.05) is 31.2 Å². The van der Waals surface area contributed by atoms with Gasteiger partial charge in [-0.1, -0.05) is 29.8 Å². The van der Waals surface area contributed by atoms with Gasteiger partial charge in [0.05, 0.1) is 23.7 Å². The predicted molar refractivity (Wildman–Crippen MR) is 103 cm³/mol. The quantitative estimate of drug-likeness (QED) is 0.587. The molecule has 2 aromatic heterocycles. The predicted octanol–water partition coefficient (Wildman–Crippen LogP) is 4.35. The van der Waals surface area contributed by atoms with Crippen LogP contribution in [-0.4, -0.2) is 21.9 Å². The SMILES string of the molecule is COc1ccccc1-c1c(C)ncc2c(=O)n(-c3ccc(Cl)cc3)[nH]c12. The second-order valence-electron chi connectivity index (χ2n) is 5.94. The van der Waals surface area contributed by atoms with Gasteiger partial charge in [0.2, 0.25) is 0 Å². The number of H-pyrrole nitrogens is 1. The van der Waals surface area contributed by atoms with Gasteiger partial charge in [-0.3, -0.25) is 14.9 Å². The first kappa shape index (κ1) is 16.4. The normalized spacial score (nSPS) is 11.0. The number of aromatic amines is 1. The van der Waals surface area contributed by atoms with E-state index < -0.39 is 0 Å². The molecule has 0 aliphatic carbocycles. The maximum Gasteiger partial charge on any atom is 0.280 e. The molecule has 0 amide bonds. The highest BCUT2D eigenvalue weighted by Crippen LogP contribution is 2.35. The molecule has 0 saturated carbocycles. The van der Waals surface area contributed by atoms with Gasteiger partial charge in [-0.05, 0) is 37.3 Å². The van der Waals surface area contributed by atoms with Gasteiger partial charge >= 0.3 is 0 Å². The van der Waals surface area contributed by atoms with Crippen LogP contribution in [0.25, 0.3) is 27.7 Å². The third-order valence-corrected chi connectivity index (χ3v) is 4.64. The zero-order valence-corrected chi connectivity index (χ0v) is 15.0. The first-order valence-electron chi connectivity index (χ1n) is 8.10. The van der Waals surface area contributed by atoms with E-state index in [-0.39, 0.29) is 5.56 Å². The lowest BCUT2D eigenvalue weighted by atomic mass is 10.0. The smallest absolute Gasteiger partial charge is 0.280 e. The molecule has 5 nitrogen and oxygen atoms in total. The molecule has 4 rings (SSSR count). The average molecular weight is 366 g/mol. The Hall–Kier alpha value is -3.05. The molecule has 1 N–H and O–H groups in total. The van der Waals surface area contributed by atoms with Crippen molar-refractivity contribution in [1.82, 2.24) is 14.8 Å². The number of benzene rings is 2. The Morgan fingerprint density at radius 2 is 1.85 bits per heavy atom. The van der Waals surface area contributed by atoms with Crippen molar-refractivity contribution < 1.29 is 4.74 Å². The van der Waals surface area contributed by atoms with Crippen LogP contribution >= 0.6 is 11.6 Å². The van der Waals surface area contributed by atoms with Crippen molar-refractivity contribution in [2.24, 2.45) is 0 Å². The van der Waals surface area contributed by atoms with Gasteiger partial charge in [-0.25, -0.2) is 4.68 Å². The van der Waals surface area contributed by atoms with Crippen LogP contribution in [0.4, 0.5) is 0 Å². The lowest BCUT2D eigenvalue weighted by molar-refractivity contribution is 0.416. The third kappa shape index (κ3) is 2.57. The second-order valence-corrected chi connectivity index (χ2v) is 6.37. The lowest BCUT2D eigenvalue weighted by Gasteiger charge is -2.11. The number of nitrogens with one attached hydrogen (secondary N) is 1. The van der Waals surface area contributed by atoms with Gasteiger partial charge in [-0.2, -0.15) is 0 Å². The minimum absolute atomic E-state index is 0.161. The molecule has 26 heavy (non-hydrogen) atoms. The van der Waals surface area contributed by atoms with Crippen LogP contribution in [0.5, 0.6) is 5.75 Å². The summed E-state index contributed by atoms with van der Waals surface area (Å²) in [5, 5.41) is 4.36. The van der Waals surface area contributed by atoms with E-state index in [0.29, 0.717) is 16.1 Å². The maximum atomic E-state index is 12.9. The van der Waals surface area contributed by atoms with Crippen LogP contribution in [0.2, 0.25) is 5.02 Å². The highest BCUT2D eigenvalue weighted by molar-refractivity contribution is 6.30. The first-order chi connectivity index (χ1) is 12.6. The Kier molecular flexibility index (Phi) is 4.01. The summed E-state index contributed by atoms with van der Waals surface area (Å²) in [5.74, 6) is 0.727. The summed E-state index contributed by atoms with van der Waals surface area (Å²) < 4.78 is 7.00. The largest absolute Gasteiger partial charge is 0.496 e. The summed E-state index contributed by atoms with van der Waals surface area (Å²) in [5.41, 5.74) is 3.82. The van der Waals surface area contributed by atoms with Crippen LogP contribution in [-0.2, 0) is 0 Å². The van der Waals surface area contributed by atoms with Crippen molar-refractivity contribution in [1.29, 1.82) is 0 Å². The van der Waals surface area contributed by atoms with Crippen molar-refractivity contribution in [3.05, 3.63) is 75.8 Å². The molecule has 4 aromatic rings. The van der Waals surface area contributed by atoms with Crippen molar-refractivity contribution in [3.63, 3.8) is 0 Å². The second kappa shape index (κ2) is 6.35. The van der Waals surface area contributed by atoms with Gasteiger partial charge in [0.25, 0.3) is 5.56 Å². The molecule has 0 aliphatic rings. The highest BCUT2D eigenvalue weighted by Gasteiger charge is 2.18. The molecule has 0 aliphatic heterocycles. The van der Waals surface area contributed by atoms with Crippen LogP contribution < -0.4 is 10.3 Å². The molecular weight excluding hydrogens is 350 g/mol. The number of halogens is 1. The molecule has 0 unspecified atom stereocenters. The molecular formula is C20H16ClN3O2. The van der Waals surface area contributed by atoms with Crippen LogP contribution in [0.1, 0.15) is 5.69 Å². The summed E-state index contributed by atoms with van der Waals surface area (Å²) in [6, 6.07) is 14.8. The minimum atomic E-state index is -0.161. The first-order valence-corrected chi connectivity index (χ1v) is 8.47. The lowest BCUT2D eigenvalue weighted by Crippen LogP contribution is -2.14. The van der Waals surface area contributed by atoms with Crippen LogP contribution in [0.15, 0.2) is 59.5 Å². The molecule has 0 saturated heterocycles. The number of para-hydroxylation sites is 1. The number of rotatable bonds is 3. The van der Waals surface area contributed by atoms with Crippen molar-refractivity contribution in [3.8, 4) is 22.6 Å². The highest BCUT2D eigenvalue weighted by atomic mass is 35.5. The van der Waals surface area contributed by atoms with E-state index in [0.717, 1.165) is 28.1 Å². The van der Waals surface area contributed by atoms with E-state index >= 15 is 0 Å². The average Bonchev–Trinajstić information content (AvgIpc) is 2.99. The molecule has 0 radical (unpaired) electrons. The Labute approximate surface area is 154 Å². The van der Waals surface area contributed by atoms with E-state index in [9.17, 15) is 4.79 Å². The summed E-state index contributed by atoms with van der Waals surface area (Å²) in [4.78, 5) is 17.3. The van der Waals surface area contributed by atoms with Gasteiger partial charge in [-0.15, -0.1) is 0 Å². The fourth-order valence-electron chi connectivity index (χ4n) is 3.12. The number of ether oxygens (including phenoxy) is 1. The van der Waals surface area contributed by atoms with E-state index in [2.05, 4.69) is 10.1 Å². The number of aromatic nitrogens is 3. The number of hydrogen-bond donors (Lipinski definition) is 1. The number of fused-ring (bicyclic) bond motifs is 1. The number of methoxy groups -OCH3 is 1. The number of aryl methyl sites for hydroxylation is 1. The molecule has 0 fully saturated rings. The summed E-state index contributed by atoms with van der Waals surface area (Å²) in [7, 11) is 1.63. The minimum Gasteiger partial charge on any atom is -0.496 e. The summed E-state index contributed by atoms with van der Waals surface area (Å²) in [6.45, 7) is 1.92. The van der Waals surface area contributed by atoms with Gasteiger partial charge in [0.15, 0.2) is 0 Å². The van der Waals surface area contributed by atoms with Gasteiger partial charge < -0.3 is 4.74 Å². The zero-order valence-electron chi connectivity index (χ0n) is 14.3. The Balaban J connectivity index is 2.03. The molecule has 130 valence electrons. The molecule has 0 bridgehead atoms. The molecule has 0 atom stereocenters. The van der Waals surface area contributed by atoms with Crippen molar-refractivity contribution >= 4 is 22.5 Å². The molecule has 0 spiro atoms. The van der Waals surface area contributed by atoms with E-state index in [4.69, 9.17) is 16.3 Å². The maximum absolute atomic E-state index is 12.9. The fraction of sp³-hybridized carbons (Fsp3) is 0.100.